The molecule has 0 bridgehead atoms. The molecule has 1 N–H and O–H groups in total. The summed E-state index contributed by atoms with van der Waals surface area (Å²) >= 11 is 0. The number of rotatable bonds is 4. The van der Waals surface area contributed by atoms with Crippen LogP contribution in [0, 0.1) is 5.41 Å². The Balaban J connectivity index is 1.51. The van der Waals surface area contributed by atoms with E-state index < -0.39 is 5.97 Å². The zero-order chi connectivity index (χ0) is 13.3. The van der Waals surface area contributed by atoms with Gasteiger partial charge in [0.2, 0.25) is 0 Å². The number of aromatic nitrogens is 3. The molecule has 0 unspecified atom stereocenters. The molecule has 2 aliphatic rings. The topological polar surface area (TPSA) is 71.2 Å². The van der Waals surface area contributed by atoms with Gasteiger partial charge in [-0.15, -0.1) is 5.10 Å². The lowest BCUT2D eigenvalue weighted by molar-refractivity contribution is 0.0690. The molecule has 6 nitrogen and oxygen atoms in total. The van der Waals surface area contributed by atoms with Crippen molar-refractivity contribution >= 4 is 5.97 Å². The van der Waals surface area contributed by atoms with Crippen LogP contribution in [0.1, 0.15) is 42.6 Å². The van der Waals surface area contributed by atoms with Crippen LogP contribution in [0.25, 0.3) is 0 Å². The summed E-state index contributed by atoms with van der Waals surface area (Å²) in [4.78, 5) is 13.2. The fraction of sp³-hybridized carbons (Fsp3) is 0.769. The summed E-state index contributed by atoms with van der Waals surface area (Å²) in [6.07, 6.45) is 8.37. The summed E-state index contributed by atoms with van der Waals surface area (Å²) in [5.74, 6) is -1.02. The molecule has 1 aliphatic carbocycles. The summed E-state index contributed by atoms with van der Waals surface area (Å²) in [6, 6.07) is 0. The molecule has 0 amide bonds. The van der Waals surface area contributed by atoms with Gasteiger partial charge in [0.25, 0.3) is 0 Å². The Morgan fingerprint density at radius 2 is 2.11 bits per heavy atom. The van der Waals surface area contributed by atoms with Crippen molar-refractivity contribution in [1.82, 2.24) is 19.9 Å². The van der Waals surface area contributed by atoms with Crippen LogP contribution in [0.15, 0.2) is 6.20 Å². The van der Waals surface area contributed by atoms with Crippen LogP contribution in [0.4, 0.5) is 0 Å². The molecule has 1 aromatic rings. The highest BCUT2D eigenvalue weighted by molar-refractivity contribution is 5.84. The van der Waals surface area contributed by atoms with Crippen molar-refractivity contribution in [3.63, 3.8) is 0 Å². The molecule has 19 heavy (non-hydrogen) atoms. The van der Waals surface area contributed by atoms with Gasteiger partial charge in [-0.2, -0.15) is 0 Å². The number of likely N-dealkylation sites (tertiary alicyclic amines) is 1. The van der Waals surface area contributed by atoms with E-state index in [0.717, 1.165) is 13.1 Å². The predicted molar refractivity (Wildman–Crippen MR) is 68.9 cm³/mol. The smallest absolute Gasteiger partial charge is 0.358 e. The fourth-order valence-electron chi connectivity index (χ4n) is 3.50. The monoisotopic (exact) mass is 264 g/mol. The molecule has 1 saturated heterocycles. The number of hydrogen-bond acceptors (Lipinski definition) is 4. The summed E-state index contributed by atoms with van der Waals surface area (Å²) in [5, 5.41) is 16.3. The molecule has 3 rings (SSSR count). The van der Waals surface area contributed by atoms with Crippen LogP contribution in [-0.2, 0) is 6.54 Å². The Labute approximate surface area is 112 Å². The maximum Gasteiger partial charge on any atom is 0.358 e. The largest absolute Gasteiger partial charge is 0.476 e. The van der Waals surface area contributed by atoms with Gasteiger partial charge >= 0.3 is 5.97 Å². The molecule has 1 aromatic heterocycles. The van der Waals surface area contributed by atoms with Gasteiger partial charge in [0.05, 0.1) is 12.7 Å². The standard InChI is InChI=1S/C13H20N4O2/c18-12(19)11-9-17(15-14-11)8-7-16-6-5-13(10-16)3-1-2-4-13/h9H,1-8,10H2,(H,18,19). The van der Waals surface area contributed by atoms with E-state index in [9.17, 15) is 4.79 Å². The van der Waals surface area contributed by atoms with E-state index in [1.54, 1.807) is 4.68 Å². The Bertz CT molecular complexity index is 465. The van der Waals surface area contributed by atoms with E-state index in [1.807, 2.05) is 0 Å². The first-order valence-corrected chi connectivity index (χ1v) is 7.03. The van der Waals surface area contributed by atoms with E-state index in [0.29, 0.717) is 5.41 Å². The second kappa shape index (κ2) is 4.92. The molecule has 6 heteroatoms. The highest BCUT2D eigenvalue weighted by Gasteiger charge is 2.39. The van der Waals surface area contributed by atoms with Gasteiger partial charge in [-0.25, -0.2) is 4.79 Å². The third-order valence-corrected chi connectivity index (χ3v) is 4.58. The molecule has 0 atom stereocenters. The van der Waals surface area contributed by atoms with Crippen molar-refractivity contribution in [2.45, 2.75) is 38.6 Å². The highest BCUT2D eigenvalue weighted by Crippen LogP contribution is 2.45. The quantitative estimate of drug-likeness (QED) is 0.886. The van der Waals surface area contributed by atoms with E-state index in [4.69, 9.17) is 5.11 Å². The van der Waals surface area contributed by atoms with Gasteiger partial charge in [-0.3, -0.25) is 4.68 Å². The Kier molecular flexibility index (Phi) is 3.26. The second-order valence-corrected chi connectivity index (χ2v) is 5.91. The minimum Gasteiger partial charge on any atom is -0.476 e. The van der Waals surface area contributed by atoms with Gasteiger partial charge < -0.3 is 10.0 Å². The lowest BCUT2D eigenvalue weighted by atomic mass is 9.86. The first-order chi connectivity index (χ1) is 9.17. The molecule has 0 radical (unpaired) electrons. The van der Waals surface area contributed by atoms with E-state index in [-0.39, 0.29) is 5.69 Å². The number of aromatic carboxylic acids is 1. The average molecular weight is 264 g/mol. The van der Waals surface area contributed by atoms with Crippen LogP contribution in [-0.4, -0.2) is 50.6 Å². The molecular weight excluding hydrogens is 244 g/mol. The van der Waals surface area contributed by atoms with Gasteiger partial charge in [-0.1, -0.05) is 18.1 Å². The summed E-state index contributed by atoms with van der Waals surface area (Å²) in [7, 11) is 0. The molecule has 0 aromatic carbocycles. The normalized spacial score (nSPS) is 22.3. The predicted octanol–water partition coefficient (Wildman–Crippen LogP) is 1.24. The van der Waals surface area contributed by atoms with Gasteiger partial charge in [0, 0.05) is 13.1 Å². The average Bonchev–Trinajstić information content (AvgIpc) is 3.10. The summed E-state index contributed by atoms with van der Waals surface area (Å²) in [6.45, 7) is 4.02. The van der Waals surface area contributed by atoms with E-state index >= 15 is 0 Å². The Morgan fingerprint density at radius 3 is 2.79 bits per heavy atom. The molecule has 1 saturated carbocycles. The van der Waals surface area contributed by atoms with E-state index in [1.165, 1.54) is 51.4 Å². The van der Waals surface area contributed by atoms with Gasteiger partial charge in [0.1, 0.15) is 0 Å². The van der Waals surface area contributed by atoms with Crippen LogP contribution < -0.4 is 0 Å². The Hall–Kier alpha value is -1.43. The van der Waals surface area contributed by atoms with Crippen molar-refractivity contribution in [3.8, 4) is 0 Å². The van der Waals surface area contributed by atoms with E-state index in [2.05, 4.69) is 15.2 Å². The van der Waals surface area contributed by atoms with Crippen molar-refractivity contribution < 1.29 is 9.90 Å². The minimum atomic E-state index is -1.02. The molecule has 1 spiro atoms. The zero-order valence-corrected chi connectivity index (χ0v) is 11.1. The van der Waals surface area contributed by atoms with Crippen molar-refractivity contribution in [2.24, 2.45) is 5.41 Å². The number of carbonyl (C=O) groups is 1. The number of nitrogens with zero attached hydrogens (tertiary/aromatic N) is 4. The second-order valence-electron chi connectivity index (χ2n) is 5.91. The Morgan fingerprint density at radius 1 is 1.32 bits per heavy atom. The highest BCUT2D eigenvalue weighted by atomic mass is 16.4. The maximum absolute atomic E-state index is 10.7. The lowest BCUT2D eigenvalue weighted by Gasteiger charge is -2.23. The molecule has 2 heterocycles. The first kappa shape index (κ1) is 12.6. The maximum atomic E-state index is 10.7. The van der Waals surface area contributed by atoms with Crippen LogP contribution in [0.5, 0.6) is 0 Å². The fourth-order valence-corrected chi connectivity index (χ4v) is 3.50. The van der Waals surface area contributed by atoms with Crippen molar-refractivity contribution in [1.29, 1.82) is 0 Å². The van der Waals surface area contributed by atoms with Crippen molar-refractivity contribution in [3.05, 3.63) is 11.9 Å². The zero-order valence-electron chi connectivity index (χ0n) is 11.1. The summed E-state index contributed by atoms with van der Waals surface area (Å²) in [5.41, 5.74) is 0.614. The van der Waals surface area contributed by atoms with Crippen LogP contribution in [0.2, 0.25) is 0 Å². The van der Waals surface area contributed by atoms with Gasteiger partial charge in [-0.05, 0) is 31.2 Å². The number of hydrogen-bond donors (Lipinski definition) is 1. The molecule has 2 fully saturated rings. The molecule has 1 aliphatic heterocycles. The SMILES string of the molecule is O=C(O)c1cn(CCN2CCC3(CCCC3)C2)nn1. The van der Waals surface area contributed by atoms with Crippen LogP contribution >= 0.6 is 0 Å². The van der Waals surface area contributed by atoms with Gasteiger partial charge in [0.15, 0.2) is 5.69 Å². The summed E-state index contributed by atoms with van der Waals surface area (Å²) < 4.78 is 1.63. The molecule has 104 valence electrons. The molecular formula is C13H20N4O2. The number of carboxylic acids is 1. The first-order valence-electron chi connectivity index (χ1n) is 7.03. The van der Waals surface area contributed by atoms with Crippen LogP contribution in [0.3, 0.4) is 0 Å². The van der Waals surface area contributed by atoms with Crippen molar-refractivity contribution in [2.75, 3.05) is 19.6 Å². The third-order valence-electron chi connectivity index (χ3n) is 4.58. The minimum absolute atomic E-state index is 0.0219. The third kappa shape index (κ3) is 2.63. The lowest BCUT2D eigenvalue weighted by Crippen LogP contribution is -2.28. The number of carboxylic acid groups (broad SMARTS) is 1.